The van der Waals surface area contributed by atoms with Crippen LogP contribution >= 0.6 is 24.8 Å². The Kier molecular flexibility index (Phi) is 8.34. The zero-order chi connectivity index (χ0) is 17.1. The van der Waals surface area contributed by atoms with Crippen molar-refractivity contribution in [3.05, 3.63) is 58.4 Å². The number of hydrogen-bond acceptors (Lipinski definition) is 3. The third kappa shape index (κ3) is 4.87. The molecule has 1 aliphatic heterocycles. The van der Waals surface area contributed by atoms with E-state index in [1.807, 2.05) is 38.1 Å². The van der Waals surface area contributed by atoms with Gasteiger partial charge in [-0.15, -0.1) is 24.8 Å². The summed E-state index contributed by atoms with van der Waals surface area (Å²) in [6.45, 7) is 5.52. The van der Waals surface area contributed by atoms with E-state index in [0.717, 1.165) is 28.9 Å². The number of aryl methyl sites for hydroxylation is 2. The Morgan fingerprint density at radius 3 is 2.54 bits per heavy atom. The number of fused-ring (bicyclic) bond motifs is 1. The number of rotatable bonds is 4. The second kappa shape index (κ2) is 9.76. The third-order valence-corrected chi connectivity index (χ3v) is 4.39. The first kappa shape index (κ1) is 22.2. The maximum Gasteiger partial charge on any atom is 0.243 e. The van der Waals surface area contributed by atoms with Gasteiger partial charge in [-0.3, -0.25) is 4.79 Å². The third-order valence-electron chi connectivity index (χ3n) is 4.39. The maximum absolute atomic E-state index is 14.5. The molecular weight excluding hydrogens is 376 g/mol. The van der Waals surface area contributed by atoms with Gasteiger partial charge in [0.15, 0.2) is 0 Å². The normalized spacial score (nSPS) is 12.3. The van der Waals surface area contributed by atoms with Gasteiger partial charge < -0.3 is 16.0 Å². The number of nitrogens with one attached hydrogen (secondary N) is 3. The van der Waals surface area contributed by atoms with Crippen LogP contribution in [0.25, 0.3) is 0 Å². The molecule has 0 spiro atoms. The molecule has 1 amide bonds. The van der Waals surface area contributed by atoms with E-state index in [1.54, 1.807) is 6.07 Å². The first-order chi connectivity index (χ1) is 11.6. The Balaban J connectivity index is 0.00000169. The molecule has 2 aromatic rings. The number of anilines is 2. The molecule has 0 saturated carbocycles. The van der Waals surface area contributed by atoms with Crippen LogP contribution in [0, 0.1) is 19.7 Å². The van der Waals surface area contributed by atoms with Crippen LogP contribution in [0.4, 0.5) is 15.8 Å². The average Bonchev–Trinajstić information content (AvgIpc) is 2.57. The molecule has 0 aliphatic carbocycles. The van der Waals surface area contributed by atoms with Crippen molar-refractivity contribution in [2.75, 3.05) is 23.7 Å². The number of carbonyl (C=O) groups excluding carboxylic acids is 1. The van der Waals surface area contributed by atoms with Gasteiger partial charge >= 0.3 is 0 Å². The fourth-order valence-corrected chi connectivity index (χ4v) is 3.09. The summed E-state index contributed by atoms with van der Waals surface area (Å²) in [7, 11) is 0. The van der Waals surface area contributed by atoms with E-state index < -0.39 is 0 Å². The van der Waals surface area contributed by atoms with Crippen LogP contribution in [0.1, 0.15) is 22.3 Å². The van der Waals surface area contributed by atoms with Crippen LogP contribution < -0.4 is 16.0 Å². The molecule has 1 aliphatic rings. The van der Waals surface area contributed by atoms with Crippen molar-refractivity contribution in [1.29, 1.82) is 0 Å². The van der Waals surface area contributed by atoms with Crippen molar-refractivity contribution in [2.24, 2.45) is 0 Å². The number of halogens is 3. The highest BCUT2D eigenvalue weighted by Gasteiger charge is 2.17. The van der Waals surface area contributed by atoms with E-state index in [2.05, 4.69) is 16.0 Å². The van der Waals surface area contributed by atoms with E-state index in [9.17, 15) is 9.18 Å². The SMILES string of the molecule is Cc1cccc(C)c1NCC(=O)Nc1ccc2c(c1F)CCNC2.Cl.Cl. The molecule has 3 N–H and O–H groups in total. The number of para-hydroxylation sites is 1. The van der Waals surface area contributed by atoms with Crippen LogP contribution in [0.15, 0.2) is 30.3 Å². The minimum atomic E-state index is -0.311. The maximum atomic E-state index is 14.5. The molecule has 2 aromatic carbocycles. The summed E-state index contributed by atoms with van der Waals surface area (Å²) >= 11 is 0. The molecule has 26 heavy (non-hydrogen) atoms. The molecule has 3 rings (SSSR count). The Labute approximate surface area is 165 Å². The van der Waals surface area contributed by atoms with Crippen molar-refractivity contribution >= 4 is 42.1 Å². The molecule has 142 valence electrons. The highest BCUT2D eigenvalue weighted by Crippen LogP contribution is 2.24. The largest absolute Gasteiger partial charge is 0.376 e. The Bertz CT molecular complexity index is 763. The van der Waals surface area contributed by atoms with Gasteiger partial charge in [-0.25, -0.2) is 4.39 Å². The van der Waals surface area contributed by atoms with Crippen LogP contribution in [-0.4, -0.2) is 19.0 Å². The van der Waals surface area contributed by atoms with E-state index in [0.29, 0.717) is 18.5 Å². The molecule has 7 heteroatoms. The molecule has 0 radical (unpaired) electrons. The van der Waals surface area contributed by atoms with Crippen molar-refractivity contribution in [1.82, 2.24) is 5.32 Å². The summed E-state index contributed by atoms with van der Waals surface area (Å²) in [5.41, 5.74) is 5.03. The smallest absolute Gasteiger partial charge is 0.243 e. The Morgan fingerprint density at radius 2 is 1.85 bits per heavy atom. The average molecular weight is 400 g/mol. The summed E-state index contributed by atoms with van der Waals surface area (Å²) in [6, 6.07) is 9.47. The quantitative estimate of drug-likeness (QED) is 0.728. The second-order valence-electron chi connectivity index (χ2n) is 6.16. The zero-order valence-corrected chi connectivity index (χ0v) is 16.5. The molecule has 0 fully saturated rings. The molecule has 0 aromatic heterocycles. The first-order valence-electron chi connectivity index (χ1n) is 8.17. The fourth-order valence-electron chi connectivity index (χ4n) is 3.09. The standard InChI is InChI=1S/C19H22FN3O.2ClH/c1-12-4-3-5-13(2)19(12)22-11-17(24)23-16-7-6-14-10-21-9-8-15(14)18(16)20;;/h3-7,21-22H,8-11H2,1-2H3,(H,23,24);2*1H. The summed E-state index contributed by atoms with van der Waals surface area (Å²) in [5.74, 6) is -0.570. The lowest BCUT2D eigenvalue weighted by molar-refractivity contribution is -0.114. The topological polar surface area (TPSA) is 53.2 Å². The highest BCUT2D eigenvalue weighted by molar-refractivity contribution is 5.94. The Hall–Kier alpha value is -1.82. The van der Waals surface area contributed by atoms with Crippen molar-refractivity contribution in [3.8, 4) is 0 Å². The second-order valence-corrected chi connectivity index (χ2v) is 6.16. The fraction of sp³-hybridized carbons (Fsp3) is 0.316. The lowest BCUT2D eigenvalue weighted by atomic mass is 9.99. The molecule has 0 saturated heterocycles. The van der Waals surface area contributed by atoms with E-state index in [-0.39, 0.29) is 48.8 Å². The van der Waals surface area contributed by atoms with Gasteiger partial charge in [0.1, 0.15) is 5.82 Å². The van der Waals surface area contributed by atoms with Crippen molar-refractivity contribution in [2.45, 2.75) is 26.8 Å². The predicted octanol–water partition coefficient (Wildman–Crippen LogP) is 3.98. The van der Waals surface area contributed by atoms with Crippen molar-refractivity contribution in [3.63, 3.8) is 0 Å². The van der Waals surface area contributed by atoms with Gasteiger partial charge in [0.25, 0.3) is 0 Å². The predicted molar refractivity (Wildman–Crippen MR) is 109 cm³/mol. The van der Waals surface area contributed by atoms with Crippen LogP contribution in [0.2, 0.25) is 0 Å². The number of benzene rings is 2. The minimum absolute atomic E-state index is 0. The van der Waals surface area contributed by atoms with Crippen LogP contribution in [0.5, 0.6) is 0 Å². The number of hydrogen-bond donors (Lipinski definition) is 3. The lowest BCUT2D eigenvalue weighted by Gasteiger charge is -2.19. The monoisotopic (exact) mass is 399 g/mol. The molecule has 1 heterocycles. The molecule has 4 nitrogen and oxygen atoms in total. The summed E-state index contributed by atoms with van der Waals surface area (Å²) in [5, 5.41) is 9.02. The van der Waals surface area contributed by atoms with Gasteiger partial charge in [-0.1, -0.05) is 24.3 Å². The molecular formula is C19H24Cl2FN3O. The van der Waals surface area contributed by atoms with E-state index >= 15 is 0 Å². The van der Waals surface area contributed by atoms with E-state index in [1.165, 1.54) is 0 Å². The van der Waals surface area contributed by atoms with Crippen LogP contribution in [-0.2, 0) is 17.8 Å². The summed E-state index contributed by atoms with van der Waals surface area (Å²) in [6.07, 6.45) is 0.644. The molecule has 0 bridgehead atoms. The summed E-state index contributed by atoms with van der Waals surface area (Å²) in [4.78, 5) is 12.2. The number of carbonyl (C=O) groups is 1. The number of amides is 1. The van der Waals surface area contributed by atoms with Gasteiger partial charge in [0.2, 0.25) is 5.91 Å². The van der Waals surface area contributed by atoms with Gasteiger partial charge in [-0.05, 0) is 55.1 Å². The van der Waals surface area contributed by atoms with Crippen LogP contribution in [0.3, 0.4) is 0 Å². The Morgan fingerprint density at radius 1 is 1.15 bits per heavy atom. The van der Waals surface area contributed by atoms with Gasteiger partial charge in [-0.2, -0.15) is 0 Å². The highest BCUT2D eigenvalue weighted by atomic mass is 35.5. The van der Waals surface area contributed by atoms with Crippen molar-refractivity contribution < 1.29 is 9.18 Å². The van der Waals surface area contributed by atoms with Gasteiger partial charge in [0, 0.05) is 12.2 Å². The van der Waals surface area contributed by atoms with E-state index in [4.69, 9.17) is 0 Å². The zero-order valence-electron chi connectivity index (χ0n) is 14.8. The molecule has 0 atom stereocenters. The van der Waals surface area contributed by atoms with Gasteiger partial charge in [0.05, 0.1) is 12.2 Å². The molecule has 0 unspecified atom stereocenters. The minimum Gasteiger partial charge on any atom is -0.376 e. The summed E-state index contributed by atoms with van der Waals surface area (Å²) < 4.78 is 14.5. The lowest BCUT2D eigenvalue weighted by Crippen LogP contribution is -2.26. The first-order valence-corrected chi connectivity index (χ1v) is 8.17.